The van der Waals surface area contributed by atoms with Crippen LogP contribution in [0.3, 0.4) is 0 Å². The predicted molar refractivity (Wildman–Crippen MR) is 73.8 cm³/mol. The van der Waals surface area contributed by atoms with Gasteiger partial charge in [-0.05, 0) is 44.1 Å². The average Bonchev–Trinajstić information content (AvgIpc) is 2.26. The quantitative estimate of drug-likeness (QED) is 0.864. The smallest absolute Gasteiger partial charge is 0.254 e. The van der Waals surface area contributed by atoms with E-state index in [1.165, 1.54) is 12.1 Å². The molecule has 0 heterocycles. The van der Waals surface area contributed by atoms with Gasteiger partial charge in [0.25, 0.3) is 5.91 Å². The van der Waals surface area contributed by atoms with E-state index in [0.29, 0.717) is 12.5 Å². The van der Waals surface area contributed by atoms with E-state index in [-0.39, 0.29) is 23.9 Å². The first kappa shape index (κ1) is 16.9. The van der Waals surface area contributed by atoms with E-state index in [0.717, 1.165) is 12.1 Å². The first-order valence-corrected chi connectivity index (χ1v) is 5.73. The number of amides is 1. The SMILES string of the molecule is CNCC(C)CNC(=O)c1ccc(C)cc1F.Cl. The first-order chi connectivity index (χ1) is 8.04. The van der Waals surface area contributed by atoms with Crippen molar-refractivity contribution in [1.82, 2.24) is 10.6 Å². The van der Waals surface area contributed by atoms with Gasteiger partial charge in [-0.2, -0.15) is 0 Å². The van der Waals surface area contributed by atoms with E-state index < -0.39 is 5.82 Å². The number of carbonyl (C=O) groups excluding carboxylic acids is 1. The monoisotopic (exact) mass is 274 g/mol. The lowest BCUT2D eigenvalue weighted by Gasteiger charge is -2.12. The van der Waals surface area contributed by atoms with Crippen molar-refractivity contribution in [3.63, 3.8) is 0 Å². The summed E-state index contributed by atoms with van der Waals surface area (Å²) in [5.74, 6) is -0.508. The highest BCUT2D eigenvalue weighted by atomic mass is 35.5. The van der Waals surface area contributed by atoms with Crippen LogP contribution in [-0.2, 0) is 0 Å². The molecule has 0 spiro atoms. The van der Waals surface area contributed by atoms with Crippen LogP contribution >= 0.6 is 12.4 Å². The number of hydrogen-bond acceptors (Lipinski definition) is 2. The fraction of sp³-hybridized carbons (Fsp3) is 0.462. The molecule has 1 atom stereocenters. The second-order valence-corrected chi connectivity index (χ2v) is 4.36. The summed E-state index contributed by atoms with van der Waals surface area (Å²) in [6.45, 7) is 5.16. The molecule has 1 aromatic carbocycles. The van der Waals surface area contributed by atoms with Gasteiger partial charge >= 0.3 is 0 Å². The summed E-state index contributed by atoms with van der Waals surface area (Å²) in [6, 6.07) is 4.61. The van der Waals surface area contributed by atoms with Crippen molar-refractivity contribution in [2.24, 2.45) is 5.92 Å². The number of benzene rings is 1. The lowest BCUT2D eigenvalue weighted by atomic mass is 10.1. The largest absolute Gasteiger partial charge is 0.352 e. The van der Waals surface area contributed by atoms with E-state index in [9.17, 15) is 9.18 Å². The van der Waals surface area contributed by atoms with Crippen molar-refractivity contribution in [3.05, 3.63) is 35.1 Å². The number of nitrogens with one attached hydrogen (secondary N) is 2. The Morgan fingerprint density at radius 2 is 2.06 bits per heavy atom. The molecule has 102 valence electrons. The van der Waals surface area contributed by atoms with Gasteiger partial charge in [0, 0.05) is 6.54 Å². The lowest BCUT2D eigenvalue weighted by Crippen LogP contribution is -2.32. The summed E-state index contributed by atoms with van der Waals surface area (Å²) < 4.78 is 13.5. The summed E-state index contributed by atoms with van der Waals surface area (Å²) in [5.41, 5.74) is 0.912. The number of rotatable bonds is 5. The zero-order valence-electron chi connectivity index (χ0n) is 10.9. The van der Waals surface area contributed by atoms with E-state index >= 15 is 0 Å². The molecule has 18 heavy (non-hydrogen) atoms. The van der Waals surface area contributed by atoms with Gasteiger partial charge in [-0.3, -0.25) is 4.79 Å². The summed E-state index contributed by atoms with van der Waals surface area (Å²) in [4.78, 5) is 11.7. The lowest BCUT2D eigenvalue weighted by molar-refractivity contribution is 0.0944. The molecule has 3 nitrogen and oxygen atoms in total. The van der Waals surface area contributed by atoms with E-state index in [1.54, 1.807) is 13.0 Å². The molecule has 5 heteroatoms. The first-order valence-electron chi connectivity index (χ1n) is 5.73. The number of carbonyl (C=O) groups is 1. The van der Waals surface area contributed by atoms with Crippen LogP contribution in [0.15, 0.2) is 18.2 Å². The summed E-state index contributed by atoms with van der Waals surface area (Å²) >= 11 is 0. The van der Waals surface area contributed by atoms with Gasteiger partial charge in [0.2, 0.25) is 0 Å². The third-order valence-electron chi connectivity index (χ3n) is 2.53. The summed E-state index contributed by atoms with van der Waals surface area (Å²) in [6.07, 6.45) is 0. The minimum absolute atomic E-state index is 0. The second kappa shape index (κ2) is 8.06. The maximum absolute atomic E-state index is 13.5. The Morgan fingerprint density at radius 3 is 2.61 bits per heavy atom. The molecule has 0 saturated heterocycles. The van der Waals surface area contributed by atoms with Gasteiger partial charge in [-0.15, -0.1) is 12.4 Å². The van der Waals surface area contributed by atoms with Crippen LogP contribution in [0, 0.1) is 18.7 Å². The fourth-order valence-electron chi connectivity index (χ4n) is 1.59. The zero-order valence-corrected chi connectivity index (χ0v) is 11.7. The van der Waals surface area contributed by atoms with Gasteiger partial charge in [0.05, 0.1) is 5.56 Å². The highest BCUT2D eigenvalue weighted by molar-refractivity contribution is 5.94. The minimum atomic E-state index is -0.469. The Hall–Kier alpha value is -1.13. The molecule has 0 aliphatic carbocycles. The molecule has 0 saturated carbocycles. The van der Waals surface area contributed by atoms with E-state index in [4.69, 9.17) is 0 Å². The molecule has 1 rings (SSSR count). The number of halogens is 2. The number of hydrogen-bond donors (Lipinski definition) is 2. The highest BCUT2D eigenvalue weighted by Crippen LogP contribution is 2.09. The molecule has 0 bridgehead atoms. The molecular formula is C13H20ClFN2O. The molecule has 1 amide bonds. The van der Waals surface area contributed by atoms with E-state index in [1.807, 2.05) is 14.0 Å². The molecule has 0 aliphatic rings. The topological polar surface area (TPSA) is 41.1 Å². The van der Waals surface area contributed by atoms with E-state index in [2.05, 4.69) is 10.6 Å². The van der Waals surface area contributed by atoms with Gasteiger partial charge in [0.15, 0.2) is 0 Å². The Labute approximate surface area is 114 Å². The van der Waals surface area contributed by atoms with Crippen molar-refractivity contribution in [1.29, 1.82) is 0 Å². The standard InChI is InChI=1S/C13H19FN2O.ClH/c1-9-4-5-11(12(14)6-9)13(17)16-8-10(2)7-15-3;/h4-6,10,15H,7-8H2,1-3H3,(H,16,17);1H. The predicted octanol–water partition coefficient (Wildman–Crippen LogP) is 2.14. The Morgan fingerprint density at radius 1 is 1.39 bits per heavy atom. The molecule has 1 unspecified atom stereocenters. The van der Waals surface area contributed by atoms with Crippen LogP contribution in [0.2, 0.25) is 0 Å². The zero-order chi connectivity index (χ0) is 12.8. The van der Waals surface area contributed by atoms with Crippen LogP contribution < -0.4 is 10.6 Å². The second-order valence-electron chi connectivity index (χ2n) is 4.36. The van der Waals surface area contributed by atoms with Crippen LogP contribution in [0.25, 0.3) is 0 Å². The molecule has 0 fully saturated rings. The maximum atomic E-state index is 13.5. The Kier molecular flexibility index (Phi) is 7.55. The molecule has 1 aromatic rings. The Bertz CT molecular complexity index is 399. The molecule has 0 radical (unpaired) electrons. The highest BCUT2D eigenvalue weighted by Gasteiger charge is 2.12. The maximum Gasteiger partial charge on any atom is 0.254 e. The summed E-state index contributed by atoms with van der Waals surface area (Å²) in [5, 5.41) is 5.75. The number of aryl methyl sites for hydroxylation is 1. The third kappa shape index (κ3) is 5.02. The average molecular weight is 275 g/mol. The molecule has 0 aliphatic heterocycles. The van der Waals surface area contributed by atoms with Gasteiger partial charge < -0.3 is 10.6 Å². The minimum Gasteiger partial charge on any atom is -0.352 e. The molecule has 2 N–H and O–H groups in total. The van der Waals surface area contributed by atoms with Crippen LogP contribution in [0.1, 0.15) is 22.8 Å². The molecule has 0 aromatic heterocycles. The van der Waals surface area contributed by atoms with Crippen molar-refractivity contribution < 1.29 is 9.18 Å². The third-order valence-corrected chi connectivity index (χ3v) is 2.53. The Balaban J connectivity index is 0.00000289. The van der Waals surface area contributed by atoms with Crippen LogP contribution in [-0.4, -0.2) is 26.0 Å². The van der Waals surface area contributed by atoms with Crippen LogP contribution in [0.4, 0.5) is 4.39 Å². The van der Waals surface area contributed by atoms with Gasteiger partial charge in [-0.25, -0.2) is 4.39 Å². The fourth-order valence-corrected chi connectivity index (χ4v) is 1.59. The normalized spacial score (nSPS) is 11.6. The van der Waals surface area contributed by atoms with Crippen molar-refractivity contribution in [2.75, 3.05) is 20.1 Å². The van der Waals surface area contributed by atoms with Crippen molar-refractivity contribution >= 4 is 18.3 Å². The van der Waals surface area contributed by atoms with Crippen LogP contribution in [0.5, 0.6) is 0 Å². The van der Waals surface area contributed by atoms with Gasteiger partial charge in [0.1, 0.15) is 5.82 Å². The van der Waals surface area contributed by atoms with Gasteiger partial charge in [-0.1, -0.05) is 13.0 Å². The van der Waals surface area contributed by atoms with Crippen molar-refractivity contribution in [2.45, 2.75) is 13.8 Å². The van der Waals surface area contributed by atoms with Crippen molar-refractivity contribution in [3.8, 4) is 0 Å². The summed E-state index contributed by atoms with van der Waals surface area (Å²) in [7, 11) is 1.86. The molecular weight excluding hydrogens is 255 g/mol.